The Morgan fingerprint density at radius 2 is 2.10 bits per heavy atom. The molecule has 3 N–H and O–H groups in total. The molecule has 1 saturated carbocycles. The van der Waals surface area contributed by atoms with Crippen LogP contribution in [0.2, 0.25) is 0 Å². The van der Waals surface area contributed by atoms with Gasteiger partial charge in [-0.25, -0.2) is 0 Å². The van der Waals surface area contributed by atoms with Gasteiger partial charge in [0, 0.05) is 37.0 Å². The predicted octanol–water partition coefficient (Wildman–Crippen LogP) is 3.39. The summed E-state index contributed by atoms with van der Waals surface area (Å²) in [7, 11) is 0. The highest BCUT2D eigenvalue weighted by Crippen LogP contribution is 2.38. The van der Waals surface area contributed by atoms with Gasteiger partial charge in [-0.1, -0.05) is 6.07 Å². The van der Waals surface area contributed by atoms with Gasteiger partial charge in [-0.05, 0) is 55.9 Å². The van der Waals surface area contributed by atoms with Crippen molar-refractivity contribution in [2.45, 2.75) is 31.8 Å². The number of fused-ring (bicyclic) bond motifs is 1. The number of likely N-dealkylation sites (tertiary alicyclic amines) is 1. The molecule has 4 rings (SSSR count). The third kappa shape index (κ3) is 4.24. The summed E-state index contributed by atoms with van der Waals surface area (Å²) in [6, 6.07) is 10.1. The Hall–Kier alpha value is -2.71. The molecule has 4 atom stereocenters. The fraction of sp³-hybridized carbons (Fsp3) is 0.429. The number of hydrogen-bond donors (Lipinski definition) is 2. The summed E-state index contributed by atoms with van der Waals surface area (Å²) < 4.78 is 0. The molecule has 2 aliphatic rings. The molecule has 2 aromatic rings. The number of halogens is 1. The molecule has 0 spiro atoms. The van der Waals surface area contributed by atoms with Crippen molar-refractivity contribution in [3.63, 3.8) is 0 Å². The Balaban J connectivity index is 0.00000256. The predicted molar refractivity (Wildman–Crippen MR) is 117 cm³/mol. The Morgan fingerprint density at radius 1 is 1.30 bits per heavy atom. The first-order chi connectivity index (χ1) is 13.9. The SMILES string of the molecule is CC(Nc1ccc(C(=O)N2CC3CCC(N)C3C2)cc1[N+](=O)[O-])c1ccccn1.Cl. The molecule has 9 heteroatoms. The van der Waals surface area contributed by atoms with Gasteiger partial charge < -0.3 is 16.0 Å². The number of nitrogens with one attached hydrogen (secondary N) is 1. The van der Waals surface area contributed by atoms with Crippen LogP contribution in [0.5, 0.6) is 0 Å². The van der Waals surface area contributed by atoms with Crippen molar-refractivity contribution in [2.24, 2.45) is 17.6 Å². The molecule has 1 aromatic heterocycles. The van der Waals surface area contributed by atoms with Gasteiger partial charge >= 0.3 is 0 Å². The third-order valence-corrected chi connectivity index (χ3v) is 6.14. The van der Waals surface area contributed by atoms with Crippen LogP contribution in [0.25, 0.3) is 0 Å². The summed E-state index contributed by atoms with van der Waals surface area (Å²) in [5.41, 5.74) is 7.52. The molecule has 30 heavy (non-hydrogen) atoms. The average Bonchev–Trinajstić information content (AvgIpc) is 3.30. The van der Waals surface area contributed by atoms with Gasteiger partial charge in [-0.2, -0.15) is 0 Å². The molecule has 1 aliphatic heterocycles. The standard InChI is InChI=1S/C21H25N5O3.ClH/c1-13(18-4-2-3-9-23-18)24-19-8-6-14(10-20(19)26(28)29)21(27)25-11-15-5-7-17(22)16(15)12-25;/h2-4,6,8-10,13,15-17,24H,5,7,11-12,22H2,1H3;1H. The number of rotatable bonds is 5. The van der Waals surface area contributed by atoms with Gasteiger partial charge in [0.15, 0.2) is 0 Å². The Bertz CT molecular complexity index is 926. The summed E-state index contributed by atoms with van der Waals surface area (Å²) in [5, 5.41) is 14.8. The lowest BCUT2D eigenvalue weighted by Gasteiger charge is -2.19. The van der Waals surface area contributed by atoms with E-state index in [1.54, 1.807) is 23.2 Å². The van der Waals surface area contributed by atoms with E-state index in [4.69, 9.17) is 5.73 Å². The molecule has 8 nitrogen and oxygen atoms in total. The van der Waals surface area contributed by atoms with Gasteiger partial charge in [0.2, 0.25) is 0 Å². The lowest BCUT2D eigenvalue weighted by molar-refractivity contribution is -0.384. The molecule has 1 aliphatic carbocycles. The molecule has 1 saturated heterocycles. The van der Waals surface area contributed by atoms with Gasteiger partial charge in [0.25, 0.3) is 11.6 Å². The van der Waals surface area contributed by atoms with Crippen molar-refractivity contribution in [3.05, 3.63) is 64.0 Å². The first kappa shape index (κ1) is 22.0. The topological polar surface area (TPSA) is 114 Å². The first-order valence-corrected chi connectivity index (χ1v) is 9.95. The average molecular weight is 432 g/mol. The van der Waals surface area contributed by atoms with Gasteiger partial charge in [0.05, 0.1) is 16.7 Å². The summed E-state index contributed by atoms with van der Waals surface area (Å²) in [4.78, 5) is 30.2. The highest BCUT2D eigenvalue weighted by atomic mass is 35.5. The van der Waals surface area contributed by atoms with Crippen LogP contribution in [0.1, 0.15) is 41.9 Å². The summed E-state index contributed by atoms with van der Waals surface area (Å²) in [6.07, 6.45) is 3.74. The van der Waals surface area contributed by atoms with Crippen LogP contribution in [-0.2, 0) is 0 Å². The fourth-order valence-electron chi connectivity index (χ4n) is 4.53. The summed E-state index contributed by atoms with van der Waals surface area (Å²) in [5.74, 6) is 0.622. The smallest absolute Gasteiger partial charge is 0.293 e. The van der Waals surface area contributed by atoms with Crippen molar-refractivity contribution < 1.29 is 9.72 Å². The number of carbonyl (C=O) groups excluding carboxylic acids is 1. The van der Waals surface area contributed by atoms with E-state index in [1.807, 2.05) is 25.1 Å². The van der Waals surface area contributed by atoms with Crippen molar-refractivity contribution in [1.82, 2.24) is 9.88 Å². The minimum Gasteiger partial charge on any atom is -0.371 e. The van der Waals surface area contributed by atoms with Crippen molar-refractivity contribution in [1.29, 1.82) is 0 Å². The first-order valence-electron chi connectivity index (χ1n) is 9.95. The van der Waals surface area contributed by atoms with E-state index < -0.39 is 4.92 Å². The molecule has 4 unspecified atom stereocenters. The Kier molecular flexibility index (Phi) is 6.58. The molecule has 0 bridgehead atoms. The molecule has 1 aromatic carbocycles. The lowest BCUT2D eigenvalue weighted by Crippen LogP contribution is -2.33. The summed E-state index contributed by atoms with van der Waals surface area (Å²) >= 11 is 0. The second kappa shape index (κ2) is 8.97. The van der Waals surface area contributed by atoms with E-state index in [1.165, 1.54) is 6.07 Å². The lowest BCUT2D eigenvalue weighted by atomic mass is 9.98. The van der Waals surface area contributed by atoms with E-state index in [9.17, 15) is 14.9 Å². The maximum absolute atomic E-state index is 12.9. The number of amides is 1. The number of nitrogens with zero attached hydrogens (tertiary/aromatic N) is 3. The van der Waals surface area contributed by atoms with Crippen LogP contribution >= 0.6 is 12.4 Å². The van der Waals surface area contributed by atoms with Crippen molar-refractivity contribution >= 4 is 29.7 Å². The quantitative estimate of drug-likeness (QED) is 0.554. The number of pyridine rings is 1. The van der Waals surface area contributed by atoms with E-state index in [0.717, 1.165) is 18.5 Å². The van der Waals surface area contributed by atoms with Crippen LogP contribution in [0.15, 0.2) is 42.6 Å². The molecule has 2 heterocycles. The molecular formula is C21H26ClN5O3. The Labute approximate surface area is 181 Å². The van der Waals surface area contributed by atoms with Crippen LogP contribution in [0.3, 0.4) is 0 Å². The zero-order chi connectivity index (χ0) is 20.5. The highest BCUT2D eigenvalue weighted by molar-refractivity contribution is 5.96. The fourth-order valence-corrected chi connectivity index (χ4v) is 4.53. The molecular weight excluding hydrogens is 406 g/mol. The number of nitrogens with two attached hydrogens (primary N) is 1. The van der Waals surface area contributed by atoms with Crippen molar-refractivity contribution in [2.75, 3.05) is 18.4 Å². The van der Waals surface area contributed by atoms with E-state index in [2.05, 4.69) is 10.3 Å². The minimum atomic E-state index is -0.459. The molecule has 1 amide bonds. The minimum absolute atomic E-state index is 0. The van der Waals surface area contributed by atoms with Crippen LogP contribution in [0.4, 0.5) is 11.4 Å². The monoisotopic (exact) mass is 431 g/mol. The van der Waals surface area contributed by atoms with Crippen LogP contribution in [0, 0.1) is 22.0 Å². The number of nitro groups is 1. The van der Waals surface area contributed by atoms with E-state index >= 15 is 0 Å². The number of benzene rings is 1. The van der Waals surface area contributed by atoms with Crippen LogP contribution < -0.4 is 11.1 Å². The number of nitro benzene ring substituents is 1. The van der Waals surface area contributed by atoms with Gasteiger partial charge in [-0.3, -0.25) is 19.9 Å². The van der Waals surface area contributed by atoms with Crippen molar-refractivity contribution in [3.8, 4) is 0 Å². The number of aromatic nitrogens is 1. The molecule has 2 fully saturated rings. The number of anilines is 1. The largest absolute Gasteiger partial charge is 0.371 e. The molecule has 160 valence electrons. The van der Waals surface area contributed by atoms with E-state index in [-0.39, 0.29) is 36.1 Å². The summed E-state index contributed by atoms with van der Waals surface area (Å²) in [6.45, 7) is 3.20. The van der Waals surface area contributed by atoms with Gasteiger partial charge in [0.1, 0.15) is 5.69 Å². The molecule has 0 radical (unpaired) electrons. The third-order valence-electron chi connectivity index (χ3n) is 6.14. The second-order valence-electron chi connectivity index (χ2n) is 7.98. The van der Waals surface area contributed by atoms with Gasteiger partial charge in [-0.15, -0.1) is 12.4 Å². The number of carbonyl (C=O) groups is 1. The normalized spacial score (nSPS) is 23.4. The zero-order valence-electron chi connectivity index (χ0n) is 16.7. The Morgan fingerprint density at radius 3 is 2.77 bits per heavy atom. The zero-order valence-corrected chi connectivity index (χ0v) is 17.5. The maximum atomic E-state index is 12.9. The van der Waals surface area contributed by atoms with E-state index in [0.29, 0.717) is 36.2 Å². The second-order valence-corrected chi connectivity index (χ2v) is 7.98. The van der Waals surface area contributed by atoms with Crippen LogP contribution in [-0.4, -0.2) is 39.8 Å². The number of hydrogen-bond acceptors (Lipinski definition) is 6. The highest BCUT2D eigenvalue weighted by Gasteiger charge is 2.42. The maximum Gasteiger partial charge on any atom is 0.293 e.